The first-order valence-electron chi connectivity index (χ1n) is 6.94. The lowest BCUT2D eigenvalue weighted by molar-refractivity contribution is -0.142. The number of rotatable bonds is 8. The molecule has 1 atom stereocenters. The van der Waals surface area contributed by atoms with Crippen LogP contribution in [0, 0.1) is 0 Å². The van der Waals surface area contributed by atoms with Gasteiger partial charge in [-0.1, -0.05) is 0 Å². The number of carbonyl (C=O) groups is 3. The highest BCUT2D eigenvalue weighted by atomic mass is 16.5. The van der Waals surface area contributed by atoms with Gasteiger partial charge in [-0.15, -0.1) is 0 Å². The summed E-state index contributed by atoms with van der Waals surface area (Å²) in [6.07, 6.45) is 5.04. The van der Waals surface area contributed by atoms with Crippen molar-refractivity contribution in [3.8, 4) is 0 Å². The number of carbonyl (C=O) groups excluding carboxylic acids is 2. The van der Waals surface area contributed by atoms with Crippen molar-refractivity contribution in [3.05, 3.63) is 12.2 Å². The molecular weight excluding hydrogens is 278 g/mol. The number of carboxylic acids is 1. The normalized spacial score (nSPS) is 18.8. The molecule has 1 heterocycles. The van der Waals surface area contributed by atoms with E-state index in [-0.39, 0.29) is 12.6 Å². The van der Waals surface area contributed by atoms with E-state index in [1.165, 1.54) is 7.11 Å². The number of ether oxygens (including phenoxy) is 2. The Bertz CT molecular complexity index is 406. The Kier molecular flexibility index (Phi) is 7.45. The van der Waals surface area contributed by atoms with E-state index in [0.29, 0.717) is 19.4 Å². The van der Waals surface area contributed by atoms with Crippen LogP contribution in [0.2, 0.25) is 0 Å². The molecule has 0 amide bonds. The SMILES string of the molecule is COC(=O)/C=C/C(=O)OCCCCN1CCCC1C(=O)O. The Morgan fingerprint density at radius 2 is 1.95 bits per heavy atom. The van der Waals surface area contributed by atoms with Gasteiger partial charge < -0.3 is 14.6 Å². The minimum absolute atomic E-state index is 0.246. The highest BCUT2D eigenvalue weighted by Gasteiger charge is 2.29. The van der Waals surface area contributed by atoms with Gasteiger partial charge in [0.1, 0.15) is 6.04 Å². The van der Waals surface area contributed by atoms with Crippen LogP contribution >= 0.6 is 0 Å². The van der Waals surface area contributed by atoms with Gasteiger partial charge in [-0.3, -0.25) is 9.69 Å². The first-order valence-corrected chi connectivity index (χ1v) is 6.94. The Labute approximate surface area is 123 Å². The fourth-order valence-electron chi connectivity index (χ4n) is 2.22. The van der Waals surface area contributed by atoms with Gasteiger partial charge in [0.25, 0.3) is 0 Å². The highest BCUT2D eigenvalue weighted by molar-refractivity contribution is 5.91. The van der Waals surface area contributed by atoms with Crippen LogP contribution in [0.25, 0.3) is 0 Å². The van der Waals surface area contributed by atoms with Crippen LogP contribution in [0.1, 0.15) is 25.7 Å². The van der Waals surface area contributed by atoms with Crippen molar-refractivity contribution >= 4 is 17.9 Å². The summed E-state index contributed by atoms with van der Waals surface area (Å²) in [4.78, 5) is 34.9. The van der Waals surface area contributed by atoms with Crippen molar-refractivity contribution < 1.29 is 29.0 Å². The van der Waals surface area contributed by atoms with E-state index < -0.39 is 17.9 Å². The molecule has 1 fully saturated rings. The Hall–Kier alpha value is -1.89. The van der Waals surface area contributed by atoms with E-state index >= 15 is 0 Å². The monoisotopic (exact) mass is 299 g/mol. The second-order valence-electron chi connectivity index (χ2n) is 4.76. The fraction of sp³-hybridized carbons (Fsp3) is 0.643. The largest absolute Gasteiger partial charge is 0.480 e. The highest BCUT2D eigenvalue weighted by Crippen LogP contribution is 2.17. The predicted molar refractivity (Wildman–Crippen MR) is 73.6 cm³/mol. The summed E-state index contributed by atoms with van der Waals surface area (Å²) in [7, 11) is 1.22. The maximum atomic E-state index is 11.2. The summed E-state index contributed by atoms with van der Waals surface area (Å²) in [5.41, 5.74) is 0. The van der Waals surface area contributed by atoms with Crippen molar-refractivity contribution in [1.29, 1.82) is 0 Å². The zero-order chi connectivity index (χ0) is 15.7. The Morgan fingerprint density at radius 1 is 1.24 bits per heavy atom. The van der Waals surface area contributed by atoms with Crippen molar-refractivity contribution in [2.45, 2.75) is 31.7 Å². The van der Waals surface area contributed by atoms with Crippen LogP contribution in [0.3, 0.4) is 0 Å². The zero-order valence-electron chi connectivity index (χ0n) is 12.1. The quantitative estimate of drug-likeness (QED) is 0.398. The molecule has 0 aromatic rings. The van der Waals surface area contributed by atoms with E-state index in [2.05, 4.69) is 4.74 Å². The summed E-state index contributed by atoms with van der Waals surface area (Å²) in [5.74, 6) is -1.97. The zero-order valence-corrected chi connectivity index (χ0v) is 12.1. The third-order valence-corrected chi connectivity index (χ3v) is 3.29. The van der Waals surface area contributed by atoms with Gasteiger partial charge in [0.2, 0.25) is 0 Å². The predicted octanol–water partition coefficient (Wildman–Crippen LogP) is 0.588. The summed E-state index contributed by atoms with van der Waals surface area (Å²) in [5, 5.41) is 9.03. The lowest BCUT2D eigenvalue weighted by Crippen LogP contribution is -2.36. The molecule has 0 aromatic heterocycles. The first-order chi connectivity index (χ1) is 10.0. The van der Waals surface area contributed by atoms with Gasteiger partial charge in [-0.05, 0) is 38.8 Å². The van der Waals surface area contributed by atoms with Gasteiger partial charge in [0.05, 0.1) is 13.7 Å². The molecule has 0 aliphatic carbocycles. The summed E-state index contributed by atoms with van der Waals surface area (Å²) >= 11 is 0. The average Bonchev–Trinajstić information content (AvgIpc) is 2.93. The molecule has 1 rings (SSSR count). The molecule has 0 radical (unpaired) electrons. The molecule has 7 nitrogen and oxygen atoms in total. The lowest BCUT2D eigenvalue weighted by Gasteiger charge is -2.20. The van der Waals surface area contributed by atoms with Gasteiger partial charge in [0, 0.05) is 12.2 Å². The van der Waals surface area contributed by atoms with Gasteiger partial charge in [0.15, 0.2) is 0 Å². The van der Waals surface area contributed by atoms with Crippen molar-refractivity contribution in [2.24, 2.45) is 0 Å². The number of nitrogens with zero attached hydrogens (tertiary/aromatic N) is 1. The van der Waals surface area contributed by atoms with Crippen LogP contribution < -0.4 is 0 Å². The molecular formula is C14H21NO6. The molecule has 1 saturated heterocycles. The van der Waals surface area contributed by atoms with Crippen LogP contribution in [0.5, 0.6) is 0 Å². The second kappa shape index (κ2) is 9.12. The number of hydrogen-bond acceptors (Lipinski definition) is 6. The number of methoxy groups -OCH3 is 1. The molecule has 1 N–H and O–H groups in total. The number of hydrogen-bond donors (Lipinski definition) is 1. The molecule has 0 saturated carbocycles. The molecule has 1 unspecified atom stereocenters. The molecule has 7 heteroatoms. The number of likely N-dealkylation sites (tertiary alicyclic amines) is 1. The Balaban J connectivity index is 2.12. The minimum atomic E-state index is -0.771. The van der Waals surface area contributed by atoms with E-state index in [9.17, 15) is 14.4 Å². The first kappa shape index (κ1) is 17.2. The maximum Gasteiger partial charge on any atom is 0.331 e. The van der Waals surface area contributed by atoms with Crippen LogP contribution in [0.4, 0.5) is 0 Å². The third-order valence-electron chi connectivity index (χ3n) is 3.29. The van der Waals surface area contributed by atoms with E-state index in [1.807, 2.05) is 4.90 Å². The Morgan fingerprint density at radius 3 is 2.62 bits per heavy atom. The van der Waals surface area contributed by atoms with E-state index in [4.69, 9.17) is 9.84 Å². The van der Waals surface area contributed by atoms with E-state index in [0.717, 1.165) is 31.5 Å². The smallest absolute Gasteiger partial charge is 0.331 e. The fourth-order valence-corrected chi connectivity index (χ4v) is 2.22. The molecule has 1 aliphatic heterocycles. The van der Waals surface area contributed by atoms with Crippen LogP contribution in [-0.4, -0.2) is 60.8 Å². The number of unbranched alkanes of at least 4 members (excludes halogenated alkanes) is 1. The molecule has 21 heavy (non-hydrogen) atoms. The van der Waals surface area contributed by atoms with Crippen molar-refractivity contribution in [1.82, 2.24) is 4.90 Å². The second-order valence-corrected chi connectivity index (χ2v) is 4.76. The third kappa shape index (κ3) is 6.40. The lowest BCUT2D eigenvalue weighted by atomic mass is 10.2. The van der Waals surface area contributed by atoms with Crippen LogP contribution in [-0.2, 0) is 23.9 Å². The number of carboxylic acid groups (broad SMARTS) is 1. The summed E-state index contributed by atoms with van der Waals surface area (Å²) < 4.78 is 9.25. The van der Waals surface area contributed by atoms with Crippen molar-refractivity contribution in [3.63, 3.8) is 0 Å². The topological polar surface area (TPSA) is 93.1 Å². The standard InChI is InChI=1S/C14H21NO6/c1-20-12(16)6-7-13(17)21-10-3-2-8-15-9-4-5-11(15)14(18)19/h6-7,11H,2-5,8-10H2,1H3,(H,18,19)/b7-6+. The minimum Gasteiger partial charge on any atom is -0.480 e. The molecule has 0 bridgehead atoms. The van der Waals surface area contributed by atoms with Crippen LogP contribution in [0.15, 0.2) is 12.2 Å². The summed E-state index contributed by atoms with van der Waals surface area (Å²) in [6.45, 7) is 1.74. The average molecular weight is 299 g/mol. The molecule has 118 valence electrons. The van der Waals surface area contributed by atoms with Gasteiger partial charge in [-0.25, -0.2) is 9.59 Å². The van der Waals surface area contributed by atoms with E-state index in [1.54, 1.807) is 0 Å². The van der Waals surface area contributed by atoms with Gasteiger partial charge in [-0.2, -0.15) is 0 Å². The summed E-state index contributed by atoms with van der Waals surface area (Å²) in [6, 6.07) is -0.379. The molecule has 0 spiro atoms. The van der Waals surface area contributed by atoms with Gasteiger partial charge >= 0.3 is 17.9 Å². The molecule has 1 aliphatic rings. The maximum absolute atomic E-state index is 11.2. The number of esters is 2. The number of aliphatic carboxylic acids is 1. The van der Waals surface area contributed by atoms with Crippen molar-refractivity contribution in [2.75, 3.05) is 26.8 Å². The molecule has 0 aromatic carbocycles.